The summed E-state index contributed by atoms with van der Waals surface area (Å²) in [7, 11) is 1.61. The molecule has 2 N–H and O–H groups in total. The third kappa shape index (κ3) is 4.48. The number of phenols is 1. The Morgan fingerprint density at radius 1 is 1.09 bits per heavy atom. The largest absolute Gasteiger partial charge is 0.508 e. The quantitative estimate of drug-likeness (QED) is 0.391. The number of benzene rings is 3. The summed E-state index contributed by atoms with van der Waals surface area (Å²) in [6, 6.07) is 18.9. The number of anilines is 1. The highest BCUT2D eigenvalue weighted by Crippen LogP contribution is 2.34. The highest BCUT2D eigenvalue weighted by Gasteiger charge is 2.30. The van der Waals surface area contributed by atoms with Gasteiger partial charge in [-0.1, -0.05) is 23.7 Å². The van der Waals surface area contributed by atoms with E-state index in [9.17, 15) is 9.90 Å². The van der Waals surface area contributed by atoms with Crippen molar-refractivity contribution < 1.29 is 14.6 Å². The fraction of sp³-hybridized carbons (Fsp3) is 0.154. The van der Waals surface area contributed by atoms with Crippen LogP contribution in [0.5, 0.6) is 11.5 Å². The minimum atomic E-state index is -0.600. The van der Waals surface area contributed by atoms with Crippen LogP contribution >= 0.6 is 11.6 Å². The third-order valence-electron chi connectivity index (χ3n) is 5.78. The molecule has 2 heterocycles. The van der Waals surface area contributed by atoms with Crippen molar-refractivity contribution in [3.63, 3.8) is 0 Å². The predicted molar refractivity (Wildman–Crippen MR) is 134 cm³/mol. The fourth-order valence-corrected chi connectivity index (χ4v) is 4.24. The number of phenolic OH excluding ortho intramolecular Hbond substituents is 1. The third-order valence-corrected chi connectivity index (χ3v) is 6.03. The molecule has 176 valence electrons. The van der Waals surface area contributed by atoms with Crippen molar-refractivity contribution in [2.45, 2.75) is 19.4 Å². The van der Waals surface area contributed by atoms with Gasteiger partial charge in [-0.15, -0.1) is 10.2 Å². The molecule has 1 amide bonds. The predicted octanol–water partition coefficient (Wildman–Crippen LogP) is 4.86. The lowest BCUT2D eigenvalue weighted by atomic mass is 10.00. The number of nitrogens with zero attached hydrogens (tertiary/aromatic N) is 4. The molecule has 35 heavy (non-hydrogen) atoms. The number of nitrogens with one attached hydrogen (secondary N) is 1. The fourth-order valence-electron chi connectivity index (χ4n) is 4.11. The molecule has 1 aromatic heterocycles. The molecule has 3 aromatic carbocycles. The van der Waals surface area contributed by atoms with E-state index < -0.39 is 6.04 Å². The second-order valence-corrected chi connectivity index (χ2v) is 8.56. The van der Waals surface area contributed by atoms with E-state index in [1.165, 1.54) is 12.1 Å². The Kier molecular flexibility index (Phi) is 5.96. The molecule has 0 radical (unpaired) electrons. The average molecular weight is 488 g/mol. The number of aryl methyl sites for hydroxylation is 1. The lowest BCUT2D eigenvalue weighted by Crippen LogP contribution is -2.17. The van der Waals surface area contributed by atoms with Crippen molar-refractivity contribution in [2.75, 3.05) is 12.4 Å². The molecule has 9 heteroatoms. The van der Waals surface area contributed by atoms with E-state index in [4.69, 9.17) is 21.3 Å². The van der Waals surface area contributed by atoms with Crippen molar-refractivity contribution in [1.82, 2.24) is 14.8 Å². The number of rotatable bonds is 5. The van der Waals surface area contributed by atoms with Gasteiger partial charge in [-0.05, 0) is 61.5 Å². The highest BCUT2D eigenvalue weighted by molar-refractivity contribution is 6.30. The van der Waals surface area contributed by atoms with Crippen LogP contribution in [0.4, 0.5) is 5.69 Å². The summed E-state index contributed by atoms with van der Waals surface area (Å²) in [5.41, 5.74) is 3.80. The van der Waals surface area contributed by atoms with Gasteiger partial charge in [-0.3, -0.25) is 14.4 Å². The molecule has 0 saturated carbocycles. The van der Waals surface area contributed by atoms with Gasteiger partial charge in [0.25, 0.3) is 0 Å². The van der Waals surface area contributed by atoms with Gasteiger partial charge in [0.1, 0.15) is 23.4 Å². The molecule has 0 fully saturated rings. The SMILES string of the molecule is COc1ccc2c(c1)C(c1ccc(Cl)cc1)=N[C@@H](CC(=O)Nc1ccc(O)cc1)c1nnc(C)n1-2. The number of methoxy groups -OCH3 is 1. The smallest absolute Gasteiger partial charge is 0.227 e. The van der Waals surface area contributed by atoms with Crippen molar-refractivity contribution in [2.24, 2.45) is 4.99 Å². The molecule has 5 rings (SSSR count). The average Bonchev–Trinajstić information content (AvgIpc) is 3.18. The van der Waals surface area contributed by atoms with Crippen LogP contribution in [0.1, 0.15) is 35.2 Å². The highest BCUT2D eigenvalue weighted by atomic mass is 35.5. The van der Waals surface area contributed by atoms with Crippen LogP contribution in [-0.2, 0) is 4.79 Å². The van der Waals surface area contributed by atoms with Crippen LogP contribution in [0, 0.1) is 6.92 Å². The Bertz CT molecular complexity index is 1430. The number of carbonyl (C=O) groups excluding carboxylic acids is 1. The molecule has 1 atom stereocenters. The molecule has 8 nitrogen and oxygen atoms in total. The van der Waals surface area contributed by atoms with Crippen LogP contribution in [0.2, 0.25) is 5.02 Å². The zero-order valence-electron chi connectivity index (χ0n) is 19.1. The van der Waals surface area contributed by atoms with Gasteiger partial charge in [-0.2, -0.15) is 0 Å². The van der Waals surface area contributed by atoms with Gasteiger partial charge < -0.3 is 15.2 Å². The maximum atomic E-state index is 13.0. The van der Waals surface area contributed by atoms with Gasteiger partial charge in [0, 0.05) is 21.8 Å². The number of aromatic nitrogens is 3. The van der Waals surface area contributed by atoms with Gasteiger partial charge >= 0.3 is 0 Å². The Morgan fingerprint density at radius 2 is 1.83 bits per heavy atom. The van der Waals surface area contributed by atoms with Gasteiger partial charge in [0.15, 0.2) is 5.82 Å². The summed E-state index contributed by atoms with van der Waals surface area (Å²) in [4.78, 5) is 18.1. The molecular formula is C26H22ClN5O3. The summed E-state index contributed by atoms with van der Waals surface area (Å²) >= 11 is 6.14. The van der Waals surface area contributed by atoms with Crippen LogP contribution in [0.3, 0.4) is 0 Å². The number of amides is 1. The zero-order chi connectivity index (χ0) is 24.5. The lowest BCUT2D eigenvalue weighted by Gasteiger charge is -2.14. The van der Waals surface area contributed by atoms with E-state index in [1.54, 1.807) is 19.2 Å². The van der Waals surface area contributed by atoms with Crippen molar-refractivity contribution in [3.8, 4) is 17.2 Å². The van der Waals surface area contributed by atoms with Gasteiger partial charge in [0.05, 0.1) is 24.9 Å². The Labute approximate surface area is 206 Å². The topological polar surface area (TPSA) is 102 Å². The van der Waals surface area contributed by atoms with Crippen LogP contribution in [0.25, 0.3) is 5.69 Å². The number of aromatic hydroxyl groups is 1. The van der Waals surface area contributed by atoms with E-state index in [1.807, 2.05) is 54.0 Å². The zero-order valence-corrected chi connectivity index (χ0v) is 19.8. The van der Waals surface area contributed by atoms with Crippen molar-refractivity contribution in [1.29, 1.82) is 0 Å². The number of fused-ring (bicyclic) bond motifs is 3. The van der Waals surface area contributed by atoms with Crippen molar-refractivity contribution >= 4 is 28.9 Å². The van der Waals surface area contributed by atoms with Crippen LogP contribution in [-0.4, -0.2) is 38.6 Å². The number of carbonyl (C=O) groups is 1. The minimum Gasteiger partial charge on any atom is -0.508 e. The minimum absolute atomic E-state index is 0.0429. The number of hydrogen-bond acceptors (Lipinski definition) is 6. The van der Waals surface area contributed by atoms with E-state index >= 15 is 0 Å². The molecule has 1 aliphatic rings. The first kappa shape index (κ1) is 22.6. The van der Waals surface area contributed by atoms with Gasteiger partial charge in [-0.25, -0.2) is 0 Å². The maximum Gasteiger partial charge on any atom is 0.227 e. The van der Waals surface area contributed by atoms with Crippen LogP contribution in [0.15, 0.2) is 71.7 Å². The number of aliphatic imine (C=N–C) groups is 1. The molecule has 0 spiro atoms. The number of hydrogen-bond donors (Lipinski definition) is 2. The molecule has 4 aromatic rings. The summed E-state index contributed by atoms with van der Waals surface area (Å²) in [6.07, 6.45) is 0.0429. The number of halogens is 1. The summed E-state index contributed by atoms with van der Waals surface area (Å²) in [5, 5.41) is 21.7. The first-order valence-corrected chi connectivity index (χ1v) is 11.3. The van der Waals surface area contributed by atoms with E-state index in [0.29, 0.717) is 33.8 Å². The summed E-state index contributed by atoms with van der Waals surface area (Å²) < 4.78 is 7.42. The van der Waals surface area contributed by atoms with Crippen LogP contribution < -0.4 is 10.1 Å². The summed E-state index contributed by atoms with van der Waals surface area (Å²) in [6.45, 7) is 1.87. The lowest BCUT2D eigenvalue weighted by molar-refractivity contribution is -0.116. The standard InChI is InChI=1S/C26H22ClN5O3/c1-15-30-31-26-22(14-24(34)28-18-7-9-19(33)10-8-18)29-25(16-3-5-17(27)6-4-16)21-13-20(35-2)11-12-23(21)32(15)26/h3-13,22,33H,14H2,1-2H3,(H,28,34)/t22-/m0/s1. The van der Waals surface area contributed by atoms with E-state index in [2.05, 4.69) is 15.5 Å². The van der Waals surface area contributed by atoms with E-state index in [-0.39, 0.29) is 18.1 Å². The Hall–Kier alpha value is -4.17. The molecule has 0 aliphatic carbocycles. The Morgan fingerprint density at radius 3 is 2.54 bits per heavy atom. The maximum absolute atomic E-state index is 13.0. The second kappa shape index (κ2) is 9.23. The molecule has 0 saturated heterocycles. The normalized spacial score (nSPS) is 14.4. The first-order chi connectivity index (χ1) is 16.9. The Balaban J connectivity index is 1.61. The number of ether oxygens (including phenoxy) is 1. The molecule has 0 unspecified atom stereocenters. The van der Waals surface area contributed by atoms with Crippen molar-refractivity contribution in [3.05, 3.63) is 94.5 Å². The monoisotopic (exact) mass is 487 g/mol. The summed E-state index contributed by atoms with van der Waals surface area (Å²) in [5.74, 6) is 1.82. The first-order valence-electron chi connectivity index (χ1n) is 11.0. The van der Waals surface area contributed by atoms with Gasteiger partial charge in [0.2, 0.25) is 5.91 Å². The van der Waals surface area contributed by atoms with E-state index in [0.717, 1.165) is 16.8 Å². The second-order valence-electron chi connectivity index (χ2n) is 8.12. The molecular weight excluding hydrogens is 466 g/mol. The molecule has 1 aliphatic heterocycles. The molecule has 0 bridgehead atoms.